The molecule has 0 N–H and O–H groups in total. The van der Waals surface area contributed by atoms with E-state index in [2.05, 4.69) is 6.92 Å². The average molecular weight is 254 g/mol. The Balaban J connectivity index is 1.68. The summed E-state index contributed by atoms with van der Waals surface area (Å²) in [5.41, 5.74) is 0. The van der Waals surface area contributed by atoms with Crippen LogP contribution in [0.4, 0.5) is 4.79 Å². The van der Waals surface area contributed by atoms with Gasteiger partial charge in [-0.3, -0.25) is 4.79 Å². The van der Waals surface area contributed by atoms with Gasteiger partial charge < -0.3 is 14.5 Å². The Morgan fingerprint density at radius 1 is 1.11 bits per heavy atom. The summed E-state index contributed by atoms with van der Waals surface area (Å²) in [7, 11) is 0. The van der Waals surface area contributed by atoms with Crippen LogP contribution in [0.1, 0.15) is 32.6 Å². The van der Waals surface area contributed by atoms with Gasteiger partial charge in [-0.25, -0.2) is 4.79 Å². The molecule has 0 aromatic carbocycles. The zero-order valence-corrected chi connectivity index (χ0v) is 11.1. The van der Waals surface area contributed by atoms with E-state index in [0.29, 0.717) is 32.8 Å². The van der Waals surface area contributed by atoms with Crippen molar-refractivity contribution in [1.82, 2.24) is 9.80 Å². The first-order valence-electron chi connectivity index (χ1n) is 6.93. The summed E-state index contributed by atoms with van der Waals surface area (Å²) in [6.07, 6.45) is 3.78. The third kappa shape index (κ3) is 3.37. The molecular formula is C13H22N2O3. The molecule has 0 atom stereocenters. The van der Waals surface area contributed by atoms with Crippen molar-refractivity contribution < 1.29 is 14.3 Å². The maximum atomic E-state index is 11.8. The number of piperazine rings is 1. The lowest BCUT2D eigenvalue weighted by molar-refractivity contribution is -0.134. The second-order valence-electron chi connectivity index (χ2n) is 5.05. The molecule has 0 radical (unpaired) electrons. The van der Waals surface area contributed by atoms with Crippen LogP contribution in [-0.2, 0) is 9.53 Å². The zero-order valence-electron chi connectivity index (χ0n) is 11.1. The molecule has 0 aromatic rings. The quantitative estimate of drug-likeness (QED) is 0.714. The van der Waals surface area contributed by atoms with Crippen molar-refractivity contribution in [2.75, 3.05) is 32.8 Å². The summed E-state index contributed by atoms with van der Waals surface area (Å²) >= 11 is 0. The standard InChI is InChI=1S/C13H22N2O3/c1-2-3-10-18-13(17)15-8-6-14(7-9-15)12(16)11-4-5-11/h11H,2-10H2,1H3. The number of hydrogen-bond donors (Lipinski definition) is 0. The fraction of sp³-hybridized carbons (Fsp3) is 0.846. The van der Waals surface area contributed by atoms with E-state index in [1.807, 2.05) is 4.90 Å². The van der Waals surface area contributed by atoms with Gasteiger partial charge in [-0.15, -0.1) is 0 Å². The van der Waals surface area contributed by atoms with E-state index in [9.17, 15) is 9.59 Å². The summed E-state index contributed by atoms with van der Waals surface area (Å²) in [6.45, 7) is 5.07. The fourth-order valence-electron chi connectivity index (χ4n) is 2.09. The lowest BCUT2D eigenvalue weighted by Gasteiger charge is -2.34. The number of amides is 2. The van der Waals surface area contributed by atoms with Crippen molar-refractivity contribution in [3.8, 4) is 0 Å². The maximum absolute atomic E-state index is 11.8. The van der Waals surface area contributed by atoms with Gasteiger partial charge >= 0.3 is 6.09 Å². The van der Waals surface area contributed by atoms with E-state index in [0.717, 1.165) is 25.7 Å². The molecule has 1 saturated heterocycles. The maximum Gasteiger partial charge on any atom is 0.409 e. The van der Waals surface area contributed by atoms with Gasteiger partial charge in [0.05, 0.1) is 6.61 Å². The average Bonchev–Trinajstić information content (AvgIpc) is 3.22. The van der Waals surface area contributed by atoms with Gasteiger partial charge in [0, 0.05) is 32.1 Å². The van der Waals surface area contributed by atoms with Crippen LogP contribution < -0.4 is 0 Å². The van der Waals surface area contributed by atoms with Gasteiger partial charge in [0.2, 0.25) is 5.91 Å². The molecule has 102 valence electrons. The van der Waals surface area contributed by atoms with Crippen molar-refractivity contribution in [3.05, 3.63) is 0 Å². The Bertz CT molecular complexity index is 307. The van der Waals surface area contributed by atoms with Gasteiger partial charge in [0.25, 0.3) is 0 Å². The number of ether oxygens (including phenoxy) is 1. The fourth-order valence-corrected chi connectivity index (χ4v) is 2.09. The minimum Gasteiger partial charge on any atom is -0.449 e. The van der Waals surface area contributed by atoms with Crippen LogP contribution in [0.2, 0.25) is 0 Å². The van der Waals surface area contributed by atoms with Gasteiger partial charge in [0.15, 0.2) is 0 Å². The summed E-state index contributed by atoms with van der Waals surface area (Å²) in [6, 6.07) is 0. The van der Waals surface area contributed by atoms with Crippen LogP contribution in [-0.4, -0.2) is 54.6 Å². The van der Waals surface area contributed by atoms with Gasteiger partial charge in [-0.05, 0) is 19.3 Å². The molecule has 5 nitrogen and oxygen atoms in total. The van der Waals surface area contributed by atoms with E-state index in [1.54, 1.807) is 4.90 Å². The molecule has 1 heterocycles. The first-order valence-corrected chi connectivity index (χ1v) is 6.93. The molecule has 2 aliphatic rings. The van der Waals surface area contributed by atoms with E-state index >= 15 is 0 Å². The molecule has 1 saturated carbocycles. The molecule has 5 heteroatoms. The van der Waals surface area contributed by atoms with Gasteiger partial charge in [-0.1, -0.05) is 13.3 Å². The summed E-state index contributed by atoms with van der Waals surface area (Å²) < 4.78 is 5.16. The molecule has 1 aliphatic heterocycles. The predicted octanol–water partition coefficient (Wildman–Crippen LogP) is 1.48. The lowest BCUT2D eigenvalue weighted by atomic mass is 10.3. The Morgan fingerprint density at radius 3 is 2.28 bits per heavy atom. The molecule has 0 bridgehead atoms. The second kappa shape index (κ2) is 6.07. The van der Waals surface area contributed by atoms with E-state index in [1.165, 1.54) is 0 Å². The lowest BCUT2D eigenvalue weighted by Crippen LogP contribution is -2.51. The molecule has 1 aliphatic carbocycles. The number of unbranched alkanes of at least 4 members (excludes halogenated alkanes) is 1. The smallest absolute Gasteiger partial charge is 0.409 e. The van der Waals surface area contributed by atoms with Gasteiger partial charge in [0.1, 0.15) is 0 Å². The third-order valence-corrected chi connectivity index (χ3v) is 3.50. The molecule has 18 heavy (non-hydrogen) atoms. The summed E-state index contributed by atoms with van der Waals surface area (Å²) in [5.74, 6) is 0.544. The highest BCUT2D eigenvalue weighted by molar-refractivity contribution is 5.81. The summed E-state index contributed by atoms with van der Waals surface area (Å²) in [4.78, 5) is 27.1. The number of rotatable bonds is 4. The first-order chi connectivity index (χ1) is 8.72. The molecule has 2 amide bonds. The highest BCUT2D eigenvalue weighted by Crippen LogP contribution is 2.31. The normalized spacial score (nSPS) is 19.8. The second-order valence-corrected chi connectivity index (χ2v) is 5.05. The van der Waals surface area contributed by atoms with Crippen molar-refractivity contribution in [3.63, 3.8) is 0 Å². The van der Waals surface area contributed by atoms with Crippen molar-refractivity contribution >= 4 is 12.0 Å². The Labute approximate surface area is 108 Å². The van der Waals surface area contributed by atoms with Gasteiger partial charge in [-0.2, -0.15) is 0 Å². The van der Waals surface area contributed by atoms with Crippen LogP contribution in [0, 0.1) is 5.92 Å². The Morgan fingerprint density at radius 2 is 1.72 bits per heavy atom. The van der Waals surface area contributed by atoms with Crippen LogP contribution in [0.15, 0.2) is 0 Å². The van der Waals surface area contributed by atoms with Crippen LogP contribution in [0.5, 0.6) is 0 Å². The van der Waals surface area contributed by atoms with Crippen molar-refractivity contribution in [2.45, 2.75) is 32.6 Å². The minimum atomic E-state index is -0.234. The Hall–Kier alpha value is -1.26. The minimum absolute atomic E-state index is 0.234. The number of carbonyl (C=O) groups excluding carboxylic acids is 2. The third-order valence-electron chi connectivity index (χ3n) is 3.50. The SMILES string of the molecule is CCCCOC(=O)N1CCN(C(=O)C2CC2)CC1. The number of nitrogens with zero attached hydrogens (tertiary/aromatic N) is 2. The van der Waals surface area contributed by atoms with Crippen molar-refractivity contribution in [1.29, 1.82) is 0 Å². The number of carbonyl (C=O) groups is 2. The van der Waals surface area contributed by atoms with Crippen LogP contribution >= 0.6 is 0 Å². The molecule has 0 aromatic heterocycles. The zero-order chi connectivity index (χ0) is 13.0. The van der Waals surface area contributed by atoms with Crippen LogP contribution in [0.3, 0.4) is 0 Å². The van der Waals surface area contributed by atoms with Crippen molar-refractivity contribution in [2.24, 2.45) is 5.92 Å². The Kier molecular flexibility index (Phi) is 4.44. The monoisotopic (exact) mass is 254 g/mol. The van der Waals surface area contributed by atoms with E-state index < -0.39 is 0 Å². The van der Waals surface area contributed by atoms with Crippen LogP contribution in [0.25, 0.3) is 0 Å². The first kappa shape index (κ1) is 13.2. The molecular weight excluding hydrogens is 232 g/mol. The van der Waals surface area contributed by atoms with E-state index in [4.69, 9.17) is 4.74 Å². The molecule has 0 unspecified atom stereocenters. The highest BCUT2D eigenvalue weighted by Gasteiger charge is 2.35. The molecule has 2 rings (SSSR count). The topological polar surface area (TPSA) is 49.9 Å². The largest absolute Gasteiger partial charge is 0.449 e. The molecule has 0 spiro atoms. The summed E-state index contributed by atoms with van der Waals surface area (Å²) in [5, 5.41) is 0. The molecule has 2 fully saturated rings. The number of hydrogen-bond acceptors (Lipinski definition) is 3. The highest BCUT2D eigenvalue weighted by atomic mass is 16.6. The predicted molar refractivity (Wildman–Crippen MR) is 67.1 cm³/mol. The van der Waals surface area contributed by atoms with E-state index in [-0.39, 0.29) is 17.9 Å².